The molecule has 0 spiro atoms. The Kier molecular flexibility index (Phi) is 4.44. The first-order valence-electron chi connectivity index (χ1n) is 7.18. The van der Waals surface area contributed by atoms with Gasteiger partial charge in [-0.25, -0.2) is 4.79 Å². The zero-order valence-corrected chi connectivity index (χ0v) is 13.0. The average Bonchev–Trinajstić information content (AvgIpc) is 2.57. The summed E-state index contributed by atoms with van der Waals surface area (Å²) < 4.78 is 4.94. The number of benzene rings is 2. The van der Waals surface area contributed by atoms with Crippen molar-refractivity contribution in [2.24, 2.45) is 0 Å². The van der Waals surface area contributed by atoms with Crippen LogP contribution in [0, 0.1) is 0 Å². The number of carbonyl (C=O) groups excluding carboxylic acids is 1. The van der Waals surface area contributed by atoms with Gasteiger partial charge < -0.3 is 9.73 Å². The zero-order chi connectivity index (χ0) is 16.2. The lowest BCUT2D eigenvalue weighted by atomic mass is 10.1. The Morgan fingerprint density at radius 2 is 1.74 bits per heavy atom. The SMILES string of the molecule is O=C(NCCc1ccc(Cl)cc1)c1coc(=O)c2ccccc12. The van der Waals surface area contributed by atoms with E-state index in [0.29, 0.717) is 34.3 Å². The lowest BCUT2D eigenvalue weighted by Gasteiger charge is -2.07. The second-order valence-electron chi connectivity index (χ2n) is 5.11. The number of hydrogen-bond acceptors (Lipinski definition) is 3. The maximum Gasteiger partial charge on any atom is 0.343 e. The summed E-state index contributed by atoms with van der Waals surface area (Å²) in [5, 5.41) is 4.51. The molecule has 0 saturated heterocycles. The third-order valence-corrected chi connectivity index (χ3v) is 3.83. The van der Waals surface area contributed by atoms with Crippen molar-refractivity contribution in [3.8, 4) is 0 Å². The molecule has 0 saturated carbocycles. The molecule has 1 heterocycles. The lowest BCUT2D eigenvalue weighted by Crippen LogP contribution is -2.26. The first kappa shape index (κ1) is 15.3. The minimum atomic E-state index is -0.446. The molecule has 0 aliphatic carbocycles. The summed E-state index contributed by atoms with van der Waals surface area (Å²) in [6.07, 6.45) is 1.90. The van der Waals surface area contributed by atoms with Gasteiger partial charge in [-0.05, 0) is 30.2 Å². The molecular formula is C18H14ClNO3. The molecule has 0 radical (unpaired) electrons. The highest BCUT2D eigenvalue weighted by atomic mass is 35.5. The Balaban J connectivity index is 1.73. The number of carbonyl (C=O) groups is 1. The highest BCUT2D eigenvalue weighted by Crippen LogP contribution is 2.15. The van der Waals surface area contributed by atoms with Gasteiger partial charge in [-0.3, -0.25) is 4.79 Å². The maximum atomic E-state index is 12.3. The van der Waals surface area contributed by atoms with Crippen LogP contribution in [0.4, 0.5) is 0 Å². The Bertz CT molecular complexity index is 900. The molecule has 0 aliphatic rings. The second-order valence-corrected chi connectivity index (χ2v) is 5.55. The van der Waals surface area contributed by atoms with Gasteiger partial charge in [0.05, 0.1) is 10.9 Å². The smallest absolute Gasteiger partial charge is 0.343 e. The molecule has 1 N–H and O–H groups in total. The summed E-state index contributed by atoms with van der Waals surface area (Å²) in [7, 11) is 0. The quantitative estimate of drug-likeness (QED) is 0.798. The summed E-state index contributed by atoms with van der Waals surface area (Å²) in [6, 6.07) is 14.4. The molecule has 23 heavy (non-hydrogen) atoms. The summed E-state index contributed by atoms with van der Waals surface area (Å²) in [5.74, 6) is -0.265. The summed E-state index contributed by atoms with van der Waals surface area (Å²) in [4.78, 5) is 24.0. The third-order valence-electron chi connectivity index (χ3n) is 3.58. The van der Waals surface area contributed by atoms with Crippen LogP contribution in [0.25, 0.3) is 10.8 Å². The fraction of sp³-hybridized carbons (Fsp3) is 0.111. The highest BCUT2D eigenvalue weighted by Gasteiger charge is 2.12. The van der Waals surface area contributed by atoms with Crippen LogP contribution in [0.15, 0.2) is 64.0 Å². The van der Waals surface area contributed by atoms with Gasteiger partial charge in [-0.1, -0.05) is 41.9 Å². The first-order valence-corrected chi connectivity index (χ1v) is 7.56. The predicted octanol–water partition coefficient (Wildman–Crippen LogP) is 3.42. The topological polar surface area (TPSA) is 59.3 Å². The fourth-order valence-electron chi connectivity index (χ4n) is 2.38. The number of rotatable bonds is 4. The van der Waals surface area contributed by atoms with Crippen LogP contribution in [-0.4, -0.2) is 12.5 Å². The molecule has 0 aliphatic heterocycles. The molecule has 0 unspecified atom stereocenters. The Morgan fingerprint density at radius 1 is 1.04 bits per heavy atom. The molecule has 5 heteroatoms. The van der Waals surface area contributed by atoms with Crippen LogP contribution < -0.4 is 10.9 Å². The Hall–Kier alpha value is -2.59. The van der Waals surface area contributed by atoms with E-state index in [4.69, 9.17) is 16.0 Å². The number of amides is 1. The fourth-order valence-corrected chi connectivity index (χ4v) is 2.50. The van der Waals surface area contributed by atoms with Crippen LogP contribution in [-0.2, 0) is 6.42 Å². The minimum Gasteiger partial charge on any atom is -0.430 e. The summed E-state index contributed by atoms with van der Waals surface area (Å²) in [6.45, 7) is 0.480. The van der Waals surface area contributed by atoms with Gasteiger partial charge in [0.25, 0.3) is 5.91 Å². The molecule has 3 aromatic rings. The molecule has 4 nitrogen and oxygen atoms in total. The average molecular weight is 328 g/mol. The van der Waals surface area contributed by atoms with Crippen molar-refractivity contribution in [2.75, 3.05) is 6.54 Å². The molecule has 116 valence electrons. The standard InChI is InChI=1S/C18H14ClNO3/c19-13-7-5-12(6-8-13)9-10-20-17(21)16-11-23-18(22)15-4-2-1-3-14(15)16/h1-8,11H,9-10H2,(H,20,21). The van der Waals surface area contributed by atoms with Gasteiger partial charge in [0.2, 0.25) is 0 Å². The second kappa shape index (κ2) is 6.67. The number of fused-ring (bicyclic) bond motifs is 1. The van der Waals surface area contributed by atoms with E-state index >= 15 is 0 Å². The molecule has 0 bridgehead atoms. The van der Waals surface area contributed by atoms with Gasteiger partial charge >= 0.3 is 5.63 Å². The lowest BCUT2D eigenvalue weighted by molar-refractivity contribution is 0.0953. The van der Waals surface area contributed by atoms with Crippen molar-refractivity contribution in [3.05, 3.63) is 81.4 Å². The molecule has 2 aromatic carbocycles. The van der Waals surface area contributed by atoms with Crippen LogP contribution >= 0.6 is 11.6 Å². The molecule has 0 atom stereocenters. The van der Waals surface area contributed by atoms with Crippen molar-refractivity contribution >= 4 is 28.3 Å². The van der Waals surface area contributed by atoms with E-state index in [1.165, 1.54) is 6.26 Å². The van der Waals surface area contributed by atoms with Crippen LogP contribution in [0.2, 0.25) is 5.02 Å². The first-order chi connectivity index (χ1) is 11.1. The molecule has 1 aromatic heterocycles. The van der Waals surface area contributed by atoms with E-state index in [1.54, 1.807) is 24.3 Å². The molecular weight excluding hydrogens is 314 g/mol. The van der Waals surface area contributed by atoms with Crippen molar-refractivity contribution in [1.82, 2.24) is 5.32 Å². The van der Waals surface area contributed by atoms with E-state index in [0.717, 1.165) is 5.56 Å². The number of hydrogen-bond donors (Lipinski definition) is 1. The van der Waals surface area contributed by atoms with Gasteiger partial charge in [0, 0.05) is 17.0 Å². The maximum absolute atomic E-state index is 12.3. The van der Waals surface area contributed by atoms with E-state index in [1.807, 2.05) is 24.3 Å². The summed E-state index contributed by atoms with van der Waals surface area (Å²) in [5.41, 5.74) is 0.994. The highest BCUT2D eigenvalue weighted by molar-refractivity contribution is 6.30. The van der Waals surface area contributed by atoms with Crippen molar-refractivity contribution in [3.63, 3.8) is 0 Å². The van der Waals surface area contributed by atoms with E-state index in [2.05, 4.69) is 5.32 Å². The number of halogens is 1. The van der Waals surface area contributed by atoms with E-state index in [-0.39, 0.29) is 5.91 Å². The number of nitrogens with one attached hydrogen (secondary N) is 1. The van der Waals surface area contributed by atoms with Gasteiger partial charge in [-0.2, -0.15) is 0 Å². The van der Waals surface area contributed by atoms with Crippen LogP contribution in [0.5, 0.6) is 0 Å². The van der Waals surface area contributed by atoms with Gasteiger partial charge in [-0.15, -0.1) is 0 Å². The van der Waals surface area contributed by atoms with Crippen molar-refractivity contribution in [1.29, 1.82) is 0 Å². The van der Waals surface area contributed by atoms with Crippen molar-refractivity contribution < 1.29 is 9.21 Å². The van der Waals surface area contributed by atoms with E-state index in [9.17, 15) is 9.59 Å². The minimum absolute atomic E-state index is 0.265. The van der Waals surface area contributed by atoms with Crippen LogP contribution in [0.3, 0.4) is 0 Å². The monoisotopic (exact) mass is 327 g/mol. The molecule has 3 rings (SSSR count). The third kappa shape index (κ3) is 3.43. The normalized spacial score (nSPS) is 10.7. The summed E-state index contributed by atoms with van der Waals surface area (Å²) >= 11 is 5.84. The van der Waals surface area contributed by atoms with Gasteiger partial charge in [0.1, 0.15) is 6.26 Å². The predicted molar refractivity (Wildman–Crippen MR) is 90.0 cm³/mol. The zero-order valence-electron chi connectivity index (χ0n) is 12.2. The van der Waals surface area contributed by atoms with E-state index < -0.39 is 5.63 Å². The molecule has 1 amide bonds. The van der Waals surface area contributed by atoms with Crippen molar-refractivity contribution in [2.45, 2.75) is 6.42 Å². The van der Waals surface area contributed by atoms with Gasteiger partial charge in [0.15, 0.2) is 0 Å². The van der Waals surface area contributed by atoms with Crippen LogP contribution in [0.1, 0.15) is 15.9 Å². The molecule has 0 fully saturated rings. The Labute approximate surface area is 137 Å². The Morgan fingerprint density at radius 3 is 2.48 bits per heavy atom. The largest absolute Gasteiger partial charge is 0.430 e.